The first-order valence-corrected chi connectivity index (χ1v) is 13.5. The van der Waals surface area contributed by atoms with Gasteiger partial charge in [-0.1, -0.05) is 12.0 Å². The van der Waals surface area contributed by atoms with E-state index in [4.69, 9.17) is 4.74 Å². The number of ether oxygens (including phenoxy) is 1. The van der Waals surface area contributed by atoms with Gasteiger partial charge in [0.15, 0.2) is 11.8 Å². The van der Waals surface area contributed by atoms with Crippen LogP contribution in [0.1, 0.15) is 31.9 Å². The van der Waals surface area contributed by atoms with E-state index >= 15 is 8.78 Å². The molecular weight excluding hydrogens is 488 g/mol. The summed E-state index contributed by atoms with van der Waals surface area (Å²) in [5, 5.41) is 12.2. The van der Waals surface area contributed by atoms with Gasteiger partial charge in [0.25, 0.3) is 0 Å². The molecule has 5 nitrogen and oxygen atoms in total. The van der Waals surface area contributed by atoms with Crippen LogP contribution in [0.4, 0.5) is 8.78 Å². The lowest BCUT2D eigenvalue weighted by atomic mass is 9.97. The van der Waals surface area contributed by atoms with Crippen molar-refractivity contribution >= 4 is 29.3 Å². The summed E-state index contributed by atoms with van der Waals surface area (Å²) < 4.78 is 35.4. The zero-order chi connectivity index (χ0) is 25.3. The molecule has 1 aromatic carbocycles. The van der Waals surface area contributed by atoms with Crippen molar-refractivity contribution in [3.63, 3.8) is 0 Å². The van der Waals surface area contributed by atoms with Crippen molar-refractivity contribution in [1.29, 1.82) is 5.26 Å². The van der Waals surface area contributed by atoms with Crippen molar-refractivity contribution in [2.75, 3.05) is 12.0 Å². The van der Waals surface area contributed by atoms with E-state index in [1.54, 1.807) is 18.3 Å². The number of hydrogen-bond donors (Lipinski definition) is 1. The highest BCUT2D eigenvalue weighted by Gasteiger charge is 2.48. The SMILES string of the molecule is CC#CC(NC(CSCc1ccccn1)C(=O)CC1(C#N)CC1)C(F)(F)Oc1ccc(SC)cc1. The van der Waals surface area contributed by atoms with Crippen molar-refractivity contribution in [1.82, 2.24) is 10.3 Å². The molecule has 1 saturated carbocycles. The quantitative estimate of drug-likeness (QED) is 0.286. The average Bonchev–Trinajstić information content (AvgIpc) is 3.63. The first-order chi connectivity index (χ1) is 16.8. The maximum Gasteiger partial charge on any atom is 0.425 e. The molecule has 0 amide bonds. The van der Waals surface area contributed by atoms with Gasteiger partial charge < -0.3 is 4.74 Å². The first-order valence-electron chi connectivity index (χ1n) is 11.1. The fourth-order valence-electron chi connectivity index (χ4n) is 3.36. The van der Waals surface area contributed by atoms with Gasteiger partial charge in [-0.2, -0.15) is 25.8 Å². The van der Waals surface area contributed by atoms with Crippen LogP contribution in [0.5, 0.6) is 5.75 Å². The van der Waals surface area contributed by atoms with Crippen LogP contribution in [-0.2, 0) is 10.5 Å². The maximum absolute atomic E-state index is 15.2. The zero-order valence-electron chi connectivity index (χ0n) is 19.6. The minimum absolute atomic E-state index is 0.00585. The third-order valence-electron chi connectivity index (χ3n) is 5.56. The Morgan fingerprint density at radius 2 is 2.03 bits per heavy atom. The summed E-state index contributed by atoms with van der Waals surface area (Å²) in [6.07, 6.45) is 1.19. The highest BCUT2D eigenvalue weighted by molar-refractivity contribution is 7.98. The average molecular weight is 516 g/mol. The standard InChI is InChI=1S/C26H27F2N3O2S2/c1-3-6-24(26(27,28)33-20-8-10-21(34-2)11-9-20)31-22(23(32)15-25(18-29)12-13-25)17-35-16-19-7-4-5-14-30-19/h4-5,7-11,14,22,24,31H,12-13,15-17H2,1-2H3. The normalized spacial score (nSPS) is 15.7. The number of nitrogens with one attached hydrogen (secondary N) is 1. The van der Waals surface area contributed by atoms with E-state index in [1.807, 2.05) is 24.5 Å². The fourth-order valence-corrected chi connectivity index (χ4v) is 4.79. The number of benzene rings is 1. The molecule has 0 saturated heterocycles. The molecular formula is C26H27F2N3O2S2. The van der Waals surface area contributed by atoms with E-state index in [9.17, 15) is 10.1 Å². The molecule has 1 N–H and O–H groups in total. The van der Waals surface area contributed by atoms with Crippen molar-refractivity contribution in [2.24, 2.45) is 5.41 Å². The molecule has 2 atom stereocenters. The molecule has 0 aliphatic heterocycles. The second kappa shape index (κ2) is 12.4. The van der Waals surface area contributed by atoms with Gasteiger partial charge in [0.05, 0.1) is 23.2 Å². The Kier molecular flexibility index (Phi) is 9.56. The van der Waals surface area contributed by atoms with Crippen LogP contribution in [0.25, 0.3) is 0 Å². The first kappa shape index (κ1) is 27.0. The smallest absolute Gasteiger partial charge is 0.425 e. The predicted octanol–water partition coefficient (Wildman–Crippen LogP) is 5.32. The molecule has 1 fully saturated rings. The van der Waals surface area contributed by atoms with E-state index < -0.39 is 23.6 Å². The Hall–Kier alpha value is -2.59. The zero-order valence-corrected chi connectivity index (χ0v) is 21.2. The lowest BCUT2D eigenvalue weighted by Gasteiger charge is -2.28. The summed E-state index contributed by atoms with van der Waals surface area (Å²) in [4.78, 5) is 18.3. The second-order valence-corrected chi connectivity index (χ2v) is 10.2. The summed E-state index contributed by atoms with van der Waals surface area (Å²) in [5.74, 6) is 5.48. The van der Waals surface area contributed by atoms with E-state index in [0.717, 1.165) is 10.6 Å². The monoisotopic (exact) mass is 515 g/mol. The highest BCUT2D eigenvalue weighted by atomic mass is 32.2. The Morgan fingerprint density at radius 3 is 2.60 bits per heavy atom. The minimum atomic E-state index is -3.69. The van der Waals surface area contributed by atoms with Gasteiger partial charge in [0.1, 0.15) is 5.75 Å². The minimum Gasteiger partial charge on any atom is -0.431 e. The largest absolute Gasteiger partial charge is 0.431 e. The Morgan fingerprint density at radius 1 is 1.29 bits per heavy atom. The number of hydrogen-bond acceptors (Lipinski definition) is 7. The van der Waals surface area contributed by atoms with Crippen LogP contribution < -0.4 is 10.1 Å². The van der Waals surface area contributed by atoms with Gasteiger partial charge in [-0.25, -0.2) is 0 Å². The number of aromatic nitrogens is 1. The van der Waals surface area contributed by atoms with Crippen molar-refractivity contribution < 1.29 is 18.3 Å². The van der Waals surface area contributed by atoms with Crippen LogP contribution in [-0.4, -0.2) is 41.0 Å². The number of nitrogens with zero attached hydrogens (tertiary/aromatic N) is 2. The predicted molar refractivity (Wildman–Crippen MR) is 135 cm³/mol. The molecule has 9 heteroatoms. The number of nitriles is 1. The van der Waals surface area contributed by atoms with Gasteiger partial charge in [0.2, 0.25) is 0 Å². The lowest BCUT2D eigenvalue weighted by Crippen LogP contribution is -2.54. The molecule has 2 aromatic rings. The van der Waals surface area contributed by atoms with Gasteiger partial charge in [-0.3, -0.25) is 15.1 Å². The molecule has 0 spiro atoms. The Balaban J connectivity index is 1.74. The number of carbonyl (C=O) groups is 1. The lowest BCUT2D eigenvalue weighted by molar-refractivity contribution is -0.188. The van der Waals surface area contributed by atoms with Crippen LogP contribution >= 0.6 is 23.5 Å². The molecule has 1 aliphatic rings. The van der Waals surface area contributed by atoms with Crippen molar-refractivity contribution in [3.8, 4) is 23.7 Å². The summed E-state index contributed by atoms with van der Waals surface area (Å²) in [7, 11) is 0. The highest BCUT2D eigenvalue weighted by Crippen LogP contribution is 2.48. The molecule has 35 heavy (non-hydrogen) atoms. The number of carbonyl (C=O) groups excluding carboxylic acids is 1. The van der Waals surface area contributed by atoms with Crippen molar-refractivity contribution in [3.05, 3.63) is 54.4 Å². The van der Waals surface area contributed by atoms with Crippen LogP contribution in [0.15, 0.2) is 53.6 Å². The number of ketones is 1. The van der Waals surface area contributed by atoms with E-state index in [1.165, 1.54) is 42.6 Å². The third kappa shape index (κ3) is 7.96. The summed E-state index contributed by atoms with van der Waals surface area (Å²) >= 11 is 2.90. The fraction of sp³-hybridized carbons (Fsp3) is 0.423. The maximum atomic E-state index is 15.2. The summed E-state index contributed by atoms with van der Waals surface area (Å²) in [5.41, 5.74) is 0.152. The van der Waals surface area contributed by atoms with Gasteiger partial charge in [-0.15, -0.1) is 17.7 Å². The second-order valence-electron chi connectivity index (χ2n) is 8.26. The van der Waals surface area contributed by atoms with E-state index in [2.05, 4.69) is 28.2 Å². The van der Waals surface area contributed by atoms with E-state index in [-0.39, 0.29) is 23.7 Å². The number of alkyl halides is 2. The number of thioether (sulfide) groups is 2. The third-order valence-corrected chi connectivity index (χ3v) is 7.37. The molecule has 1 aliphatic carbocycles. The molecule has 2 unspecified atom stereocenters. The summed E-state index contributed by atoms with van der Waals surface area (Å²) in [6.45, 7) is 1.46. The van der Waals surface area contributed by atoms with E-state index in [0.29, 0.717) is 18.6 Å². The van der Waals surface area contributed by atoms with Crippen molar-refractivity contribution in [2.45, 2.75) is 55.0 Å². The number of halogens is 2. The van der Waals surface area contributed by atoms with Gasteiger partial charge in [0, 0.05) is 29.0 Å². The molecule has 0 bridgehead atoms. The van der Waals surface area contributed by atoms with Gasteiger partial charge in [-0.05, 0) is 62.4 Å². The molecule has 1 heterocycles. The number of pyridine rings is 1. The molecule has 3 rings (SSSR count). The molecule has 184 valence electrons. The van der Waals surface area contributed by atoms with Crippen LogP contribution in [0.2, 0.25) is 0 Å². The Labute approximate surface area is 213 Å². The van der Waals surface area contributed by atoms with Crippen LogP contribution in [0.3, 0.4) is 0 Å². The Bertz CT molecular complexity index is 1090. The van der Waals surface area contributed by atoms with Gasteiger partial charge >= 0.3 is 6.11 Å². The molecule has 0 radical (unpaired) electrons. The number of Topliss-reactive ketones (excluding diaryl/α,β-unsaturated/α-hetero) is 1. The van der Waals surface area contributed by atoms with Crippen LogP contribution in [0, 0.1) is 28.6 Å². The topological polar surface area (TPSA) is 75.0 Å². The molecule has 1 aromatic heterocycles. The number of rotatable bonds is 13. The summed E-state index contributed by atoms with van der Waals surface area (Å²) in [6, 6.07) is 11.5.